The molecule has 0 aliphatic heterocycles. The summed E-state index contributed by atoms with van der Waals surface area (Å²) in [5, 5.41) is 11.9. The molecule has 144 valence electrons. The highest BCUT2D eigenvalue weighted by Crippen LogP contribution is 2.24. The number of halogens is 1. The second-order valence-electron chi connectivity index (χ2n) is 6.34. The third-order valence-electron chi connectivity index (χ3n) is 4.34. The Labute approximate surface area is 169 Å². The van der Waals surface area contributed by atoms with E-state index in [1.165, 1.54) is 6.07 Å². The molecule has 28 heavy (non-hydrogen) atoms. The van der Waals surface area contributed by atoms with Crippen molar-refractivity contribution >= 4 is 42.7 Å². The van der Waals surface area contributed by atoms with Gasteiger partial charge in [0.05, 0.1) is 22.4 Å². The molecule has 4 rings (SSSR count). The van der Waals surface area contributed by atoms with Gasteiger partial charge in [0.15, 0.2) is 5.52 Å². The van der Waals surface area contributed by atoms with Crippen molar-refractivity contribution in [2.24, 2.45) is 0 Å². The molecule has 0 bridgehead atoms. The molecule has 2 aromatic heterocycles. The predicted octanol–water partition coefficient (Wildman–Crippen LogP) is 3.65. The second kappa shape index (κ2) is 7.02. The third kappa shape index (κ3) is 3.40. The molecule has 0 aliphatic carbocycles. The predicted molar refractivity (Wildman–Crippen MR) is 108 cm³/mol. The normalized spacial score (nSPS) is 11.8. The maximum Gasteiger partial charge on any atom is 0.264 e. The Hall–Kier alpha value is -2.72. The van der Waals surface area contributed by atoms with Gasteiger partial charge in [0.2, 0.25) is 0 Å². The molecule has 4 aromatic rings. The van der Waals surface area contributed by atoms with E-state index in [1.54, 1.807) is 30.3 Å². The Morgan fingerprint density at radius 2 is 1.93 bits per heavy atom. The molecule has 0 atom stereocenters. The van der Waals surface area contributed by atoms with Crippen LogP contribution in [0.25, 0.3) is 11.0 Å². The monoisotopic (exact) mass is 461 g/mol. The zero-order valence-corrected chi connectivity index (χ0v) is 17.5. The van der Waals surface area contributed by atoms with Gasteiger partial charge >= 0.3 is 0 Å². The number of aromatic nitrogens is 4. The fourth-order valence-corrected chi connectivity index (χ4v) is 4.43. The molecule has 0 unspecified atom stereocenters. The Bertz CT molecular complexity index is 1280. The van der Waals surface area contributed by atoms with Crippen molar-refractivity contribution in [3.8, 4) is 0 Å². The lowest BCUT2D eigenvalue weighted by Gasteiger charge is -2.10. The number of benzene rings is 2. The van der Waals surface area contributed by atoms with Crippen LogP contribution in [0.1, 0.15) is 17.0 Å². The van der Waals surface area contributed by atoms with Crippen molar-refractivity contribution in [1.82, 2.24) is 20.1 Å². The Balaban J connectivity index is 1.63. The average Bonchev–Trinajstić information content (AvgIpc) is 3.22. The molecule has 0 aliphatic rings. The summed E-state index contributed by atoms with van der Waals surface area (Å²) in [6.07, 6.45) is 0. The number of nitrogens with one attached hydrogen (secondary N) is 1. The Morgan fingerprint density at radius 1 is 1.14 bits per heavy atom. The van der Waals surface area contributed by atoms with E-state index in [1.807, 2.05) is 24.6 Å². The minimum Gasteiger partial charge on any atom is -0.280 e. The first kappa shape index (κ1) is 18.6. The number of anilines is 1. The molecule has 2 heterocycles. The summed E-state index contributed by atoms with van der Waals surface area (Å²) < 4.78 is 35.8. The molecular weight excluding hydrogens is 446 g/mol. The van der Waals surface area contributed by atoms with Crippen molar-refractivity contribution in [2.75, 3.05) is 4.72 Å². The van der Waals surface area contributed by atoms with Gasteiger partial charge in [-0.25, -0.2) is 13.0 Å². The van der Waals surface area contributed by atoms with Crippen molar-refractivity contribution in [1.29, 1.82) is 0 Å². The van der Waals surface area contributed by atoms with Crippen LogP contribution < -0.4 is 4.72 Å². The second-order valence-corrected chi connectivity index (χ2v) is 8.78. The van der Waals surface area contributed by atoms with Gasteiger partial charge in [-0.15, -0.1) is 0 Å². The minimum atomic E-state index is -3.85. The van der Waals surface area contributed by atoms with Crippen LogP contribution in [0.3, 0.4) is 0 Å². The molecule has 0 radical (unpaired) electrons. The van der Waals surface area contributed by atoms with Crippen molar-refractivity contribution in [2.45, 2.75) is 25.3 Å². The first-order valence-electron chi connectivity index (χ1n) is 8.38. The molecule has 0 amide bonds. The van der Waals surface area contributed by atoms with Crippen LogP contribution in [-0.4, -0.2) is 28.5 Å². The molecule has 8 nitrogen and oxygen atoms in total. The zero-order chi connectivity index (χ0) is 19.9. The lowest BCUT2D eigenvalue weighted by Crippen LogP contribution is -2.14. The van der Waals surface area contributed by atoms with Crippen molar-refractivity contribution in [3.63, 3.8) is 0 Å². The lowest BCUT2D eigenvalue weighted by molar-refractivity contribution is 0.315. The highest BCUT2D eigenvalue weighted by atomic mass is 79.9. The number of nitrogens with zero attached hydrogens (tertiary/aromatic N) is 4. The number of sulfonamides is 1. The van der Waals surface area contributed by atoms with Gasteiger partial charge in [-0.2, -0.15) is 5.10 Å². The average molecular weight is 462 g/mol. The van der Waals surface area contributed by atoms with E-state index < -0.39 is 10.0 Å². The number of hydrogen-bond acceptors (Lipinski definition) is 6. The molecule has 1 N–H and O–H groups in total. The molecule has 0 fully saturated rings. The molecule has 0 saturated heterocycles. The topological polar surface area (TPSA) is 103 Å². The van der Waals surface area contributed by atoms with Crippen LogP contribution in [0.15, 0.2) is 56.5 Å². The van der Waals surface area contributed by atoms with E-state index in [2.05, 4.69) is 40.7 Å². The Morgan fingerprint density at radius 3 is 2.68 bits per heavy atom. The number of aryl methyl sites for hydroxylation is 1. The summed E-state index contributed by atoms with van der Waals surface area (Å²) >= 11 is 3.52. The summed E-state index contributed by atoms with van der Waals surface area (Å²) in [6, 6.07) is 11.9. The highest BCUT2D eigenvalue weighted by molar-refractivity contribution is 9.10. The summed E-state index contributed by atoms with van der Waals surface area (Å²) in [4.78, 5) is 0.0131. The highest BCUT2D eigenvalue weighted by Gasteiger charge is 2.20. The molecule has 2 aromatic carbocycles. The first-order chi connectivity index (χ1) is 13.3. The van der Waals surface area contributed by atoms with Gasteiger partial charge in [-0.1, -0.05) is 18.2 Å². The van der Waals surface area contributed by atoms with Crippen LogP contribution in [0.5, 0.6) is 0 Å². The third-order valence-corrected chi connectivity index (χ3v) is 6.90. The first-order valence-corrected chi connectivity index (χ1v) is 10.7. The van der Waals surface area contributed by atoms with Gasteiger partial charge in [-0.05, 0) is 69.9 Å². The standard InChI is InChI=1S/C18H16BrN5O3S/c1-11-17(19)12(2)24(20-11)10-13-5-3-6-14(9-13)23-28(25,26)16-8-4-7-15-18(16)22-27-21-15/h3-9,23H,10H2,1-2H3. The van der Waals surface area contributed by atoms with Crippen molar-refractivity contribution in [3.05, 3.63) is 63.9 Å². The molecule has 0 saturated carbocycles. The molecule has 10 heteroatoms. The summed E-state index contributed by atoms with van der Waals surface area (Å²) in [5.74, 6) is 0. The fourth-order valence-electron chi connectivity index (χ4n) is 2.94. The zero-order valence-electron chi connectivity index (χ0n) is 15.0. The Kier molecular flexibility index (Phi) is 4.68. The maximum atomic E-state index is 12.8. The SMILES string of the molecule is Cc1nn(Cc2cccc(NS(=O)(=O)c3cccc4nonc34)c2)c(C)c1Br. The van der Waals surface area contributed by atoms with E-state index in [0.717, 1.165) is 21.4 Å². The van der Waals surface area contributed by atoms with E-state index in [-0.39, 0.29) is 10.4 Å². The van der Waals surface area contributed by atoms with Gasteiger partial charge in [-0.3, -0.25) is 9.40 Å². The smallest absolute Gasteiger partial charge is 0.264 e. The van der Waals surface area contributed by atoms with Crippen molar-refractivity contribution < 1.29 is 13.0 Å². The van der Waals surface area contributed by atoms with Crippen LogP contribution in [-0.2, 0) is 16.6 Å². The number of hydrogen-bond donors (Lipinski definition) is 1. The van der Waals surface area contributed by atoms with E-state index >= 15 is 0 Å². The molecule has 0 spiro atoms. The summed E-state index contributed by atoms with van der Waals surface area (Å²) in [7, 11) is -3.85. The van der Waals surface area contributed by atoms with Gasteiger partial charge in [0, 0.05) is 5.69 Å². The van der Waals surface area contributed by atoms with Crippen LogP contribution in [0, 0.1) is 13.8 Å². The van der Waals surface area contributed by atoms with E-state index in [9.17, 15) is 8.42 Å². The summed E-state index contributed by atoms with van der Waals surface area (Å²) in [6.45, 7) is 4.43. The van der Waals surface area contributed by atoms with Gasteiger partial charge < -0.3 is 0 Å². The van der Waals surface area contributed by atoms with Crippen LogP contribution in [0.4, 0.5) is 5.69 Å². The van der Waals surface area contributed by atoms with E-state index in [4.69, 9.17) is 0 Å². The van der Waals surface area contributed by atoms with Gasteiger partial charge in [0.25, 0.3) is 10.0 Å². The quantitative estimate of drug-likeness (QED) is 0.486. The van der Waals surface area contributed by atoms with Crippen LogP contribution >= 0.6 is 15.9 Å². The number of rotatable bonds is 5. The lowest BCUT2D eigenvalue weighted by atomic mass is 10.2. The maximum absolute atomic E-state index is 12.8. The minimum absolute atomic E-state index is 0.0131. The largest absolute Gasteiger partial charge is 0.280 e. The van der Waals surface area contributed by atoms with E-state index in [0.29, 0.717) is 17.7 Å². The molecular formula is C18H16BrN5O3S. The summed E-state index contributed by atoms with van der Waals surface area (Å²) in [5.41, 5.74) is 3.86. The van der Waals surface area contributed by atoms with Gasteiger partial charge in [0.1, 0.15) is 10.4 Å². The fraction of sp³-hybridized carbons (Fsp3) is 0.167. The number of fused-ring (bicyclic) bond motifs is 1. The van der Waals surface area contributed by atoms with Crippen LogP contribution in [0.2, 0.25) is 0 Å².